The zero-order chi connectivity index (χ0) is 15.4. The smallest absolute Gasteiger partial charge is 0.328 e. The summed E-state index contributed by atoms with van der Waals surface area (Å²) in [5.74, 6) is -0.428. The third kappa shape index (κ3) is 3.80. The molecule has 1 aromatic heterocycles. The minimum Gasteiger partial charge on any atom is -0.430 e. The molecule has 110 valence electrons. The summed E-state index contributed by atoms with van der Waals surface area (Å²) >= 11 is 0. The molecule has 2 aromatic rings. The lowest BCUT2D eigenvalue weighted by Crippen LogP contribution is -2.30. The first kappa shape index (κ1) is 14.5. The topological polar surface area (TPSA) is 133 Å². The van der Waals surface area contributed by atoms with Gasteiger partial charge in [0.05, 0.1) is 0 Å². The van der Waals surface area contributed by atoms with Crippen molar-refractivity contribution in [2.75, 3.05) is 11.1 Å². The molecule has 0 radical (unpaired) electrons. The van der Waals surface area contributed by atoms with E-state index in [2.05, 4.69) is 10.3 Å². The van der Waals surface area contributed by atoms with Crippen molar-refractivity contribution < 1.29 is 18.7 Å². The highest BCUT2D eigenvalue weighted by atomic mass is 16.5. The van der Waals surface area contributed by atoms with Crippen LogP contribution in [-0.2, 0) is 4.79 Å². The number of benzene rings is 1. The number of esters is 1. The molecule has 1 heterocycles. The Kier molecular flexibility index (Phi) is 4.19. The van der Waals surface area contributed by atoms with Crippen molar-refractivity contribution >= 4 is 23.7 Å². The number of ether oxygens (including phenoxy) is 1. The highest BCUT2D eigenvalue weighted by Gasteiger charge is 2.12. The number of nitrogens with zero attached hydrogens (tertiary/aromatic N) is 1. The summed E-state index contributed by atoms with van der Waals surface area (Å²) in [5.41, 5.74) is 11.0. The zero-order valence-electron chi connectivity index (χ0n) is 11.2. The molecule has 1 unspecified atom stereocenters. The maximum absolute atomic E-state index is 11.9. The molecule has 2 rings (SSSR count). The van der Waals surface area contributed by atoms with Crippen LogP contribution in [0.5, 0.6) is 5.75 Å². The molecule has 1 amide bonds. The monoisotopic (exact) mass is 290 g/mol. The fraction of sp³-hybridized carbons (Fsp3) is 0.154. The number of oxazole rings is 1. The number of nitrogens with one attached hydrogen (secondary N) is 1. The Morgan fingerprint density at radius 2 is 2.00 bits per heavy atom. The molecule has 1 aromatic carbocycles. The lowest BCUT2D eigenvalue weighted by atomic mass is 10.2. The maximum atomic E-state index is 11.9. The first-order chi connectivity index (χ1) is 9.95. The minimum atomic E-state index is -0.717. The van der Waals surface area contributed by atoms with Crippen LogP contribution >= 0.6 is 0 Å². The highest BCUT2D eigenvalue weighted by Crippen LogP contribution is 2.15. The maximum Gasteiger partial charge on any atom is 0.328 e. The molecule has 0 aliphatic carbocycles. The predicted octanol–water partition coefficient (Wildman–Crippen LogP) is 0.762. The number of amides is 1. The standard InChI is InChI=1S/C13H14N4O4/c1-7(14)12(19)21-9-4-2-8(3-5-9)11(18)16-10-6-20-13(15)17-10/h2-7H,14H2,1H3,(H2,15,17)(H,16,18). The van der Waals surface area contributed by atoms with Gasteiger partial charge in [0.2, 0.25) is 0 Å². The quantitative estimate of drug-likeness (QED) is 0.559. The summed E-state index contributed by atoms with van der Waals surface area (Å²) in [4.78, 5) is 27.0. The molecule has 5 N–H and O–H groups in total. The second-order valence-corrected chi connectivity index (χ2v) is 4.26. The number of carbonyl (C=O) groups is 2. The first-order valence-corrected chi connectivity index (χ1v) is 6.05. The third-order valence-electron chi connectivity index (χ3n) is 2.47. The Bertz CT molecular complexity index is 648. The summed E-state index contributed by atoms with van der Waals surface area (Å²) in [6, 6.07) is 5.23. The molecule has 1 atom stereocenters. The van der Waals surface area contributed by atoms with E-state index >= 15 is 0 Å². The normalized spacial score (nSPS) is 11.7. The minimum absolute atomic E-state index is 0.0385. The molecule has 0 saturated carbocycles. The van der Waals surface area contributed by atoms with E-state index in [1.165, 1.54) is 37.5 Å². The molecular formula is C13H14N4O4. The van der Waals surface area contributed by atoms with Crippen LogP contribution in [0.25, 0.3) is 0 Å². The Morgan fingerprint density at radius 1 is 1.33 bits per heavy atom. The number of nitrogen functional groups attached to an aromatic ring is 1. The second kappa shape index (κ2) is 6.06. The van der Waals surface area contributed by atoms with Crippen LogP contribution in [0.15, 0.2) is 34.9 Å². The Labute approximate surface area is 120 Å². The largest absolute Gasteiger partial charge is 0.430 e. The van der Waals surface area contributed by atoms with Gasteiger partial charge in [0.25, 0.3) is 11.9 Å². The van der Waals surface area contributed by atoms with Crippen molar-refractivity contribution in [3.63, 3.8) is 0 Å². The summed E-state index contributed by atoms with van der Waals surface area (Å²) < 4.78 is 9.76. The van der Waals surface area contributed by atoms with Gasteiger partial charge in [-0.25, -0.2) is 4.79 Å². The van der Waals surface area contributed by atoms with Gasteiger partial charge in [0, 0.05) is 5.56 Å². The van der Waals surface area contributed by atoms with Gasteiger partial charge in [0.15, 0.2) is 5.82 Å². The predicted molar refractivity (Wildman–Crippen MR) is 74.6 cm³/mol. The van der Waals surface area contributed by atoms with Crippen molar-refractivity contribution in [3.05, 3.63) is 36.1 Å². The molecular weight excluding hydrogens is 276 g/mol. The Morgan fingerprint density at radius 3 is 2.52 bits per heavy atom. The molecule has 0 fully saturated rings. The van der Waals surface area contributed by atoms with Gasteiger partial charge in [0.1, 0.15) is 18.1 Å². The van der Waals surface area contributed by atoms with E-state index in [0.29, 0.717) is 11.3 Å². The van der Waals surface area contributed by atoms with Gasteiger partial charge < -0.3 is 25.9 Å². The summed E-state index contributed by atoms with van der Waals surface area (Å²) in [6.45, 7) is 1.52. The van der Waals surface area contributed by atoms with Crippen molar-refractivity contribution in [1.29, 1.82) is 0 Å². The number of carbonyl (C=O) groups excluding carboxylic acids is 2. The molecule has 0 aliphatic heterocycles. The second-order valence-electron chi connectivity index (χ2n) is 4.26. The van der Waals surface area contributed by atoms with Crippen molar-refractivity contribution in [3.8, 4) is 5.75 Å². The van der Waals surface area contributed by atoms with Crippen LogP contribution in [0.1, 0.15) is 17.3 Å². The SMILES string of the molecule is CC(N)C(=O)Oc1ccc(C(=O)Nc2coc(N)n2)cc1. The number of hydrogen-bond donors (Lipinski definition) is 3. The molecule has 0 saturated heterocycles. The van der Waals surface area contributed by atoms with E-state index in [1.54, 1.807) is 0 Å². The molecule has 0 aliphatic rings. The number of nitrogens with two attached hydrogens (primary N) is 2. The lowest BCUT2D eigenvalue weighted by Gasteiger charge is -2.07. The first-order valence-electron chi connectivity index (χ1n) is 6.05. The molecule has 8 heteroatoms. The van der Waals surface area contributed by atoms with Gasteiger partial charge in [-0.3, -0.25) is 4.79 Å². The van der Waals surface area contributed by atoms with Gasteiger partial charge in [-0.15, -0.1) is 0 Å². The van der Waals surface area contributed by atoms with E-state index in [-0.39, 0.29) is 11.8 Å². The fourth-order valence-electron chi connectivity index (χ4n) is 1.42. The van der Waals surface area contributed by atoms with E-state index in [0.717, 1.165) is 0 Å². The van der Waals surface area contributed by atoms with Crippen LogP contribution in [0, 0.1) is 0 Å². The van der Waals surface area contributed by atoms with E-state index < -0.39 is 17.9 Å². The average molecular weight is 290 g/mol. The van der Waals surface area contributed by atoms with E-state index in [1.807, 2.05) is 0 Å². The molecule has 0 bridgehead atoms. The van der Waals surface area contributed by atoms with Gasteiger partial charge in [-0.05, 0) is 31.2 Å². The van der Waals surface area contributed by atoms with Crippen molar-refractivity contribution in [1.82, 2.24) is 4.98 Å². The summed E-state index contributed by atoms with van der Waals surface area (Å²) in [6.07, 6.45) is 1.23. The molecule has 8 nitrogen and oxygen atoms in total. The third-order valence-corrected chi connectivity index (χ3v) is 2.47. The summed E-state index contributed by atoms with van der Waals surface area (Å²) in [5, 5.41) is 2.51. The lowest BCUT2D eigenvalue weighted by molar-refractivity contribution is -0.135. The number of hydrogen-bond acceptors (Lipinski definition) is 7. The van der Waals surface area contributed by atoms with Crippen LogP contribution in [0.3, 0.4) is 0 Å². The van der Waals surface area contributed by atoms with E-state index in [4.69, 9.17) is 20.6 Å². The Balaban J connectivity index is 2.01. The number of rotatable bonds is 4. The van der Waals surface area contributed by atoms with E-state index in [9.17, 15) is 9.59 Å². The van der Waals surface area contributed by atoms with Gasteiger partial charge in [-0.1, -0.05) is 0 Å². The summed E-state index contributed by atoms with van der Waals surface area (Å²) in [7, 11) is 0. The number of anilines is 2. The Hall–Kier alpha value is -2.87. The van der Waals surface area contributed by atoms with Crippen molar-refractivity contribution in [2.24, 2.45) is 5.73 Å². The fourth-order valence-corrected chi connectivity index (χ4v) is 1.42. The average Bonchev–Trinajstić information content (AvgIpc) is 2.84. The van der Waals surface area contributed by atoms with Crippen LogP contribution in [0.2, 0.25) is 0 Å². The molecule has 0 spiro atoms. The van der Waals surface area contributed by atoms with Crippen LogP contribution in [0.4, 0.5) is 11.8 Å². The van der Waals surface area contributed by atoms with Crippen LogP contribution < -0.4 is 21.5 Å². The molecule has 21 heavy (non-hydrogen) atoms. The van der Waals surface area contributed by atoms with Crippen LogP contribution in [-0.4, -0.2) is 22.9 Å². The van der Waals surface area contributed by atoms with Crippen molar-refractivity contribution in [2.45, 2.75) is 13.0 Å². The van der Waals surface area contributed by atoms with Gasteiger partial charge >= 0.3 is 5.97 Å². The van der Waals surface area contributed by atoms with Gasteiger partial charge in [-0.2, -0.15) is 4.98 Å². The zero-order valence-corrected chi connectivity index (χ0v) is 11.2. The number of aromatic nitrogens is 1. The highest BCUT2D eigenvalue weighted by molar-refractivity contribution is 6.03.